The van der Waals surface area contributed by atoms with Gasteiger partial charge in [-0.25, -0.2) is 8.42 Å². The molecule has 0 fully saturated rings. The highest BCUT2D eigenvalue weighted by atomic mass is 32.2. The number of hydrogen-bond donors (Lipinski definition) is 0. The predicted octanol–water partition coefficient (Wildman–Crippen LogP) is 1.37. The summed E-state index contributed by atoms with van der Waals surface area (Å²) >= 11 is 0. The summed E-state index contributed by atoms with van der Waals surface area (Å²) in [5, 5.41) is 8.50. The third-order valence-electron chi connectivity index (χ3n) is 2.33. The molecule has 0 aliphatic carbocycles. The van der Waals surface area contributed by atoms with E-state index in [2.05, 4.69) is 0 Å². The minimum Gasteiger partial charge on any atom is -0.494 e. The lowest BCUT2D eigenvalue weighted by Gasteiger charge is -2.13. The molecule has 0 aliphatic heterocycles. The van der Waals surface area contributed by atoms with Gasteiger partial charge in [-0.15, -0.1) is 0 Å². The van der Waals surface area contributed by atoms with E-state index in [0.717, 1.165) is 4.31 Å². The second-order valence-electron chi connectivity index (χ2n) is 3.75. The molecule has 18 heavy (non-hydrogen) atoms. The van der Waals surface area contributed by atoms with Crippen LogP contribution in [0.15, 0.2) is 24.3 Å². The average molecular weight is 268 g/mol. The molecule has 1 rings (SSSR count). The smallest absolute Gasteiger partial charge is 0.218 e. The number of ether oxygens (including phenoxy) is 1. The molecule has 0 saturated heterocycles. The monoisotopic (exact) mass is 268 g/mol. The summed E-state index contributed by atoms with van der Waals surface area (Å²) in [6.07, 6.45) is 0. The molecular formula is C12H16N2O3S. The Balaban J connectivity index is 2.84. The topological polar surface area (TPSA) is 70.4 Å². The lowest BCUT2D eigenvalue weighted by atomic mass is 10.2. The van der Waals surface area contributed by atoms with Crippen LogP contribution in [0.1, 0.15) is 12.5 Å². The molecule has 0 unspecified atom stereocenters. The molecule has 0 heterocycles. The van der Waals surface area contributed by atoms with E-state index in [1.165, 1.54) is 7.05 Å². The first-order valence-electron chi connectivity index (χ1n) is 5.52. The van der Waals surface area contributed by atoms with E-state index >= 15 is 0 Å². The summed E-state index contributed by atoms with van der Waals surface area (Å²) in [5.41, 5.74) is 0.644. The van der Waals surface area contributed by atoms with E-state index in [1.54, 1.807) is 24.3 Å². The molecule has 1 aromatic carbocycles. The summed E-state index contributed by atoms with van der Waals surface area (Å²) in [5.74, 6) is 0.514. The van der Waals surface area contributed by atoms with Crippen molar-refractivity contribution in [3.05, 3.63) is 29.8 Å². The second kappa shape index (κ2) is 6.38. The lowest BCUT2D eigenvalue weighted by molar-refractivity contribution is 0.340. The van der Waals surface area contributed by atoms with Crippen LogP contribution in [0.4, 0.5) is 0 Å². The number of rotatable bonds is 6. The van der Waals surface area contributed by atoms with Crippen molar-refractivity contribution in [3.63, 3.8) is 0 Å². The highest BCUT2D eigenvalue weighted by Crippen LogP contribution is 2.16. The molecular weight excluding hydrogens is 252 g/mol. The number of nitriles is 1. The zero-order valence-electron chi connectivity index (χ0n) is 10.5. The van der Waals surface area contributed by atoms with Crippen molar-refractivity contribution in [2.75, 3.05) is 20.2 Å². The van der Waals surface area contributed by atoms with Crippen molar-refractivity contribution in [3.8, 4) is 11.8 Å². The quantitative estimate of drug-likeness (QED) is 0.731. The largest absolute Gasteiger partial charge is 0.494 e. The van der Waals surface area contributed by atoms with Gasteiger partial charge >= 0.3 is 0 Å². The molecule has 0 saturated carbocycles. The number of hydrogen-bond acceptors (Lipinski definition) is 4. The SMILES string of the molecule is CCOc1cccc(CS(=O)(=O)N(C)CC#N)c1. The maximum Gasteiger partial charge on any atom is 0.218 e. The van der Waals surface area contributed by atoms with E-state index in [0.29, 0.717) is 17.9 Å². The van der Waals surface area contributed by atoms with E-state index in [1.807, 2.05) is 13.0 Å². The molecule has 0 bridgehead atoms. The van der Waals surface area contributed by atoms with Gasteiger partial charge in [0, 0.05) is 7.05 Å². The number of benzene rings is 1. The summed E-state index contributed by atoms with van der Waals surface area (Å²) in [7, 11) is -2.06. The van der Waals surface area contributed by atoms with Crippen LogP contribution in [0, 0.1) is 11.3 Å². The van der Waals surface area contributed by atoms with Gasteiger partial charge < -0.3 is 4.74 Å². The summed E-state index contributed by atoms with van der Waals surface area (Å²) < 4.78 is 30.1. The first-order valence-corrected chi connectivity index (χ1v) is 7.13. The third-order valence-corrected chi connectivity index (χ3v) is 4.10. The van der Waals surface area contributed by atoms with Crippen molar-refractivity contribution >= 4 is 10.0 Å². The standard InChI is InChI=1S/C12H16N2O3S/c1-3-17-12-6-4-5-11(9-12)10-18(15,16)14(2)8-7-13/h4-6,9H,3,8,10H2,1-2H3. The van der Waals surface area contributed by atoms with Gasteiger partial charge in [-0.05, 0) is 24.6 Å². The van der Waals surface area contributed by atoms with Crippen LogP contribution in [0.3, 0.4) is 0 Å². The van der Waals surface area contributed by atoms with E-state index in [-0.39, 0.29) is 12.3 Å². The normalized spacial score (nSPS) is 11.2. The highest BCUT2D eigenvalue weighted by Gasteiger charge is 2.18. The number of nitrogens with zero attached hydrogens (tertiary/aromatic N) is 2. The fourth-order valence-electron chi connectivity index (χ4n) is 1.41. The van der Waals surface area contributed by atoms with Crippen LogP contribution in [-0.4, -0.2) is 32.9 Å². The van der Waals surface area contributed by atoms with Crippen molar-refractivity contribution < 1.29 is 13.2 Å². The van der Waals surface area contributed by atoms with Crippen LogP contribution in [0.2, 0.25) is 0 Å². The average Bonchev–Trinajstić information content (AvgIpc) is 2.29. The fourth-order valence-corrected chi connectivity index (χ4v) is 2.49. The maximum atomic E-state index is 11.9. The van der Waals surface area contributed by atoms with Gasteiger partial charge in [0.1, 0.15) is 12.3 Å². The Labute approximate surface area is 108 Å². The number of sulfonamides is 1. The summed E-state index contributed by atoms with van der Waals surface area (Å²) in [6.45, 7) is 2.25. The molecule has 0 radical (unpaired) electrons. The Morgan fingerprint density at radius 1 is 1.44 bits per heavy atom. The maximum absolute atomic E-state index is 11.9. The van der Waals surface area contributed by atoms with Crippen molar-refractivity contribution in [1.29, 1.82) is 5.26 Å². The van der Waals surface area contributed by atoms with Gasteiger partial charge in [-0.2, -0.15) is 9.57 Å². The molecule has 0 N–H and O–H groups in total. The van der Waals surface area contributed by atoms with Gasteiger partial charge in [0.2, 0.25) is 10.0 Å². The lowest BCUT2D eigenvalue weighted by Crippen LogP contribution is -2.28. The third kappa shape index (κ3) is 4.02. The van der Waals surface area contributed by atoms with Crippen LogP contribution < -0.4 is 4.74 Å². The first kappa shape index (κ1) is 14.5. The Morgan fingerprint density at radius 3 is 2.78 bits per heavy atom. The zero-order valence-corrected chi connectivity index (χ0v) is 11.3. The van der Waals surface area contributed by atoms with Crippen LogP contribution >= 0.6 is 0 Å². The predicted molar refractivity (Wildman–Crippen MR) is 68.5 cm³/mol. The van der Waals surface area contributed by atoms with Crippen molar-refractivity contribution in [2.24, 2.45) is 0 Å². The fraction of sp³-hybridized carbons (Fsp3) is 0.417. The van der Waals surface area contributed by atoms with Crippen LogP contribution in [-0.2, 0) is 15.8 Å². The molecule has 5 nitrogen and oxygen atoms in total. The second-order valence-corrected chi connectivity index (χ2v) is 5.83. The van der Waals surface area contributed by atoms with Crippen LogP contribution in [0.5, 0.6) is 5.75 Å². The molecule has 0 aromatic heterocycles. The molecule has 0 amide bonds. The highest BCUT2D eigenvalue weighted by molar-refractivity contribution is 7.88. The van der Waals surface area contributed by atoms with Gasteiger partial charge in [0.15, 0.2) is 0 Å². The van der Waals surface area contributed by atoms with Gasteiger partial charge in [-0.3, -0.25) is 0 Å². The molecule has 0 spiro atoms. The summed E-state index contributed by atoms with van der Waals surface area (Å²) in [6, 6.07) is 8.76. The van der Waals surface area contributed by atoms with Crippen LogP contribution in [0.25, 0.3) is 0 Å². The summed E-state index contributed by atoms with van der Waals surface area (Å²) in [4.78, 5) is 0. The van der Waals surface area contributed by atoms with E-state index in [9.17, 15) is 8.42 Å². The zero-order chi connectivity index (χ0) is 13.6. The minimum atomic E-state index is -3.45. The van der Waals surface area contributed by atoms with Crippen molar-refractivity contribution in [2.45, 2.75) is 12.7 Å². The Hall–Kier alpha value is -1.58. The van der Waals surface area contributed by atoms with Gasteiger partial charge in [0.25, 0.3) is 0 Å². The van der Waals surface area contributed by atoms with Crippen molar-refractivity contribution in [1.82, 2.24) is 4.31 Å². The Morgan fingerprint density at radius 2 is 2.17 bits per heavy atom. The Bertz CT molecular complexity index is 534. The molecule has 6 heteroatoms. The van der Waals surface area contributed by atoms with E-state index < -0.39 is 10.0 Å². The first-order chi connectivity index (χ1) is 8.49. The molecule has 98 valence electrons. The minimum absolute atomic E-state index is 0.133. The Kier molecular flexibility index (Phi) is 5.13. The molecule has 0 atom stereocenters. The molecule has 0 aliphatic rings. The van der Waals surface area contributed by atoms with E-state index in [4.69, 9.17) is 10.00 Å². The van der Waals surface area contributed by atoms with Gasteiger partial charge in [-0.1, -0.05) is 12.1 Å². The molecule has 1 aromatic rings. The van der Waals surface area contributed by atoms with Gasteiger partial charge in [0.05, 0.1) is 18.4 Å².